The number of hydrogen-bond acceptors (Lipinski definition) is 4. The van der Waals surface area contributed by atoms with Crippen LogP contribution >= 0.6 is 11.6 Å². The van der Waals surface area contributed by atoms with Crippen LogP contribution in [0.1, 0.15) is 16.1 Å². The van der Waals surface area contributed by atoms with E-state index in [-0.39, 0.29) is 22.8 Å². The lowest BCUT2D eigenvalue weighted by Crippen LogP contribution is -2.14. The first-order valence-corrected chi connectivity index (χ1v) is 8.08. The zero-order valence-corrected chi connectivity index (χ0v) is 12.7. The van der Waals surface area contributed by atoms with Crippen molar-refractivity contribution in [2.45, 2.75) is 18.4 Å². The summed E-state index contributed by atoms with van der Waals surface area (Å²) in [6.45, 7) is 1.91. The van der Waals surface area contributed by atoms with Crippen LogP contribution in [0.15, 0.2) is 35.4 Å². The second-order valence-electron chi connectivity index (χ2n) is 4.47. The molecule has 6 nitrogen and oxygen atoms in total. The first-order chi connectivity index (χ1) is 9.79. The molecule has 1 aromatic heterocycles. The highest BCUT2D eigenvalue weighted by Crippen LogP contribution is 2.15. The fourth-order valence-electron chi connectivity index (χ4n) is 1.74. The average molecular weight is 329 g/mol. The second-order valence-corrected chi connectivity index (χ2v) is 6.99. The molecule has 1 N–H and O–H groups in total. The van der Waals surface area contributed by atoms with Gasteiger partial charge in [0, 0.05) is 6.20 Å². The van der Waals surface area contributed by atoms with Crippen molar-refractivity contribution in [3.8, 4) is 0 Å². The van der Waals surface area contributed by atoms with E-state index < -0.39 is 15.8 Å². The Balaban J connectivity index is 2.12. The molecular weight excluding hydrogens is 316 g/mol. The molecule has 1 aromatic carbocycles. The van der Waals surface area contributed by atoms with E-state index in [0.29, 0.717) is 10.7 Å². The number of sulfone groups is 1. The Morgan fingerprint density at radius 3 is 2.43 bits per heavy atom. The SMILES string of the molecule is Cc1nn(CCS(=O)(=O)c2ccc(C(=O)O)cc2)cc1Cl. The molecule has 21 heavy (non-hydrogen) atoms. The maximum Gasteiger partial charge on any atom is 0.335 e. The molecule has 0 amide bonds. The Hall–Kier alpha value is -1.86. The van der Waals surface area contributed by atoms with Gasteiger partial charge in [0.15, 0.2) is 9.84 Å². The van der Waals surface area contributed by atoms with Gasteiger partial charge < -0.3 is 5.11 Å². The predicted molar refractivity (Wildman–Crippen MR) is 77.4 cm³/mol. The lowest BCUT2D eigenvalue weighted by atomic mass is 10.2. The molecular formula is C13H13ClN2O4S. The topological polar surface area (TPSA) is 89.3 Å². The van der Waals surface area contributed by atoms with E-state index in [0.717, 1.165) is 0 Å². The van der Waals surface area contributed by atoms with Crippen molar-refractivity contribution in [2.24, 2.45) is 0 Å². The lowest BCUT2D eigenvalue weighted by molar-refractivity contribution is 0.0696. The molecule has 0 spiro atoms. The maximum atomic E-state index is 12.2. The molecule has 0 atom stereocenters. The number of nitrogens with zero attached hydrogens (tertiary/aromatic N) is 2. The summed E-state index contributed by atoms with van der Waals surface area (Å²) in [7, 11) is -3.50. The summed E-state index contributed by atoms with van der Waals surface area (Å²) in [6, 6.07) is 5.12. The van der Waals surface area contributed by atoms with Crippen LogP contribution in [0, 0.1) is 6.92 Å². The van der Waals surface area contributed by atoms with Gasteiger partial charge in [-0.25, -0.2) is 13.2 Å². The smallest absolute Gasteiger partial charge is 0.335 e. The quantitative estimate of drug-likeness (QED) is 0.907. The predicted octanol–water partition coefficient (Wildman–Crippen LogP) is 2.02. The van der Waals surface area contributed by atoms with Gasteiger partial charge in [0.25, 0.3) is 0 Å². The standard InChI is InChI=1S/C13H13ClN2O4S/c1-9-12(14)8-16(15-9)6-7-21(19,20)11-4-2-10(3-5-11)13(17)18/h2-5,8H,6-7H2,1H3,(H,17,18). The Kier molecular flexibility index (Phi) is 4.34. The van der Waals surface area contributed by atoms with Gasteiger partial charge in [-0.05, 0) is 31.2 Å². The van der Waals surface area contributed by atoms with E-state index in [4.69, 9.17) is 16.7 Å². The summed E-state index contributed by atoms with van der Waals surface area (Å²) < 4.78 is 25.8. The monoisotopic (exact) mass is 328 g/mol. The molecule has 112 valence electrons. The minimum Gasteiger partial charge on any atom is -0.478 e. The van der Waals surface area contributed by atoms with Crippen LogP contribution in [-0.4, -0.2) is 35.0 Å². The van der Waals surface area contributed by atoms with Crippen LogP contribution in [0.4, 0.5) is 0 Å². The fraction of sp³-hybridized carbons (Fsp3) is 0.231. The van der Waals surface area contributed by atoms with Crippen LogP contribution in [0.25, 0.3) is 0 Å². The van der Waals surface area contributed by atoms with Gasteiger partial charge in [-0.3, -0.25) is 4.68 Å². The molecule has 8 heteroatoms. The van der Waals surface area contributed by atoms with Crippen LogP contribution in [-0.2, 0) is 16.4 Å². The van der Waals surface area contributed by atoms with Crippen LogP contribution in [0.5, 0.6) is 0 Å². The number of carboxylic acid groups (broad SMARTS) is 1. The number of aromatic carboxylic acids is 1. The summed E-state index contributed by atoms with van der Waals surface area (Å²) in [5.41, 5.74) is 0.684. The number of aryl methyl sites for hydroxylation is 2. The van der Waals surface area contributed by atoms with Crippen molar-refractivity contribution in [3.63, 3.8) is 0 Å². The first-order valence-electron chi connectivity index (χ1n) is 6.05. The van der Waals surface area contributed by atoms with Crippen molar-refractivity contribution < 1.29 is 18.3 Å². The molecule has 0 radical (unpaired) electrons. The minimum atomic E-state index is -3.50. The lowest BCUT2D eigenvalue weighted by Gasteiger charge is -2.05. The third kappa shape index (κ3) is 3.62. The van der Waals surface area contributed by atoms with Gasteiger partial charge in [0.2, 0.25) is 0 Å². The first kappa shape index (κ1) is 15.5. The Morgan fingerprint density at radius 2 is 1.95 bits per heavy atom. The zero-order chi connectivity index (χ0) is 15.6. The van der Waals surface area contributed by atoms with Crippen LogP contribution < -0.4 is 0 Å². The van der Waals surface area contributed by atoms with Crippen molar-refractivity contribution in [2.75, 3.05) is 5.75 Å². The Labute approximate surface area is 126 Å². The van der Waals surface area contributed by atoms with Gasteiger partial charge in [-0.2, -0.15) is 5.10 Å². The molecule has 0 saturated carbocycles. The Morgan fingerprint density at radius 1 is 1.33 bits per heavy atom. The second kappa shape index (κ2) is 5.87. The third-order valence-corrected chi connectivity index (χ3v) is 5.02. The molecule has 1 heterocycles. The molecule has 0 fully saturated rings. The number of halogens is 1. The number of hydrogen-bond donors (Lipinski definition) is 1. The third-order valence-electron chi connectivity index (χ3n) is 2.94. The van der Waals surface area contributed by atoms with Crippen molar-refractivity contribution in [1.82, 2.24) is 9.78 Å². The molecule has 0 unspecified atom stereocenters. The Bertz CT molecular complexity index is 746. The van der Waals surface area contributed by atoms with Gasteiger partial charge in [-0.1, -0.05) is 11.6 Å². The van der Waals surface area contributed by atoms with Crippen molar-refractivity contribution in [1.29, 1.82) is 0 Å². The maximum absolute atomic E-state index is 12.2. The summed E-state index contributed by atoms with van der Waals surface area (Å²) in [5, 5.41) is 13.4. The fourth-order valence-corrected chi connectivity index (χ4v) is 3.11. The van der Waals surface area contributed by atoms with Gasteiger partial charge in [0.05, 0.1) is 33.5 Å². The highest BCUT2D eigenvalue weighted by atomic mass is 35.5. The summed E-state index contributed by atoms with van der Waals surface area (Å²) >= 11 is 5.86. The van der Waals surface area contributed by atoms with Gasteiger partial charge >= 0.3 is 5.97 Å². The molecule has 0 aliphatic carbocycles. The van der Waals surface area contributed by atoms with Crippen LogP contribution in [0.3, 0.4) is 0 Å². The van der Waals surface area contributed by atoms with Gasteiger partial charge in [0.1, 0.15) is 0 Å². The van der Waals surface area contributed by atoms with E-state index in [2.05, 4.69) is 5.10 Å². The van der Waals surface area contributed by atoms with E-state index in [1.165, 1.54) is 28.9 Å². The molecule has 0 saturated heterocycles. The number of carboxylic acids is 1. The molecule has 0 bridgehead atoms. The molecule has 2 aromatic rings. The van der Waals surface area contributed by atoms with E-state index >= 15 is 0 Å². The largest absolute Gasteiger partial charge is 0.478 e. The number of rotatable bonds is 5. The number of carbonyl (C=O) groups is 1. The summed E-state index contributed by atoms with van der Waals surface area (Å²) in [5.74, 6) is -1.24. The van der Waals surface area contributed by atoms with Crippen molar-refractivity contribution >= 4 is 27.4 Å². The average Bonchev–Trinajstić information content (AvgIpc) is 2.76. The van der Waals surface area contributed by atoms with Gasteiger partial charge in [-0.15, -0.1) is 0 Å². The molecule has 0 aliphatic rings. The van der Waals surface area contributed by atoms with Crippen molar-refractivity contribution in [3.05, 3.63) is 46.7 Å². The minimum absolute atomic E-state index is 0.0448. The van der Waals surface area contributed by atoms with E-state index in [1.54, 1.807) is 13.1 Å². The van der Waals surface area contributed by atoms with E-state index in [9.17, 15) is 13.2 Å². The molecule has 2 rings (SSSR count). The zero-order valence-electron chi connectivity index (χ0n) is 11.2. The summed E-state index contributed by atoms with van der Waals surface area (Å²) in [6.07, 6.45) is 1.57. The highest BCUT2D eigenvalue weighted by molar-refractivity contribution is 7.91. The number of benzene rings is 1. The number of aromatic nitrogens is 2. The highest BCUT2D eigenvalue weighted by Gasteiger charge is 2.16. The van der Waals surface area contributed by atoms with E-state index in [1.807, 2.05) is 0 Å². The summed E-state index contributed by atoms with van der Waals surface area (Å²) in [4.78, 5) is 10.8. The van der Waals surface area contributed by atoms with Crippen LogP contribution in [0.2, 0.25) is 5.02 Å². The normalized spacial score (nSPS) is 11.5. The molecule has 0 aliphatic heterocycles.